The van der Waals surface area contributed by atoms with Crippen LogP contribution in [0.15, 0.2) is 65.4 Å². The number of benzene rings is 1. The van der Waals surface area contributed by atoms with Gasteiger partial charge in [-0.15, -0.1) is 0 Å². The van der Waals surface area contributed by atoms with E-state index in [1.54, 1.807) is 29.2 Å². The predicted molar refractivity (Wildman–Crippen MR) is 99.6 cm³/mol. The highest BCUT2D eigenvalue weighted by Crippen LogP contribution is 2.32. The number of amides is 2. The van der Waals surface area contributed by atoms with Gasteiger partial charge in [-0.1, -0.05) is 12.1 Å². The smallest absolute Gasteiger partial charge is 0.232 e. The molecule has 1 atom stereocenters. The molecular formula is C21H20FN3O3. The summed E-state index contributed by atoms with van der Waals surface area (Å²) in [7, 11) is 0. The molecule has 2 amide bonds. The molecule has 144 valence electrons. The summed E-state index contributed by atoms with van der Waals surface area (Å²) in [5.41, 5.74) is 1.76. The summed E-state index contributed by atoms with van der Waals surface area (Å²) >= 11 is 0. The van der Waals surface area contributed by atoms with Crippen molar-refractivity contribution in [1.29, 1.82) is 0 Å². The standard InChI is InChI=1S/C21H20FN3O3/c22-16-7-5-15(6-8-16)21-18-4-1-9-24(18)10-11-25(21)20(27)13-19(26)23-14-17-3-2-12-28-17/h1-9,12,21H,10-11,13-14H2,(H,23,26). The van der Waals surface area contributed by atoms with Gasteiger partial charge in [0.15, 0.2) is 0 Å². The van der Waals surface area contributed by atoms with Crippen LogP contribution in [0.4, 0.5) is 4.39 Å². The van der Waals surface area contributed by atoms with E-state index < -0.39 is 0 Å². The molecule has 0 bridgehead atoms. The van der Waals surface area contributed by atoms with Gasteiger partial charge in [-0.05, 0) is 42.0 Å². The number of fused-ring (bicyclic) bond motifs is 1. The molecule has 0 spiro atoms. The first kappa shape index (κ1) is 18.0. The third-order valence-corrected chi connectivity index (χ3v) is 4.90. The molecular weight excluding hydrogens is 361 g/mol. The molecule has 28 heavy (non-hydrogen) atoms. The zero-order valence-electron chi connectivity index (χ0n) is 15.2. The van der Waals surface area contributed by atoms with E-state index in [1.165, 1.54) is 18.4 Å². The largest absolute Gasteiger partial charge is 0.467 e. The number of carbonyl (C=O) groups is 2. The predicted octanol–water partition coefficient (Wildman–Crippen LogP) is 2.86. The van der Waals surface area contributed by atoms with Crippen LogP contribution in [0.2, 0.25) is 0 Å². The maximum Gasteiger partial charge on any atom is 0.232 e. The van der Waals surface area contributed by atoms with Crippen LogP contribution in [-0.4, -0.2) is 27.8 Å². The molecule has 0 aliphatic carbocycles. The van der Waals surface area contributed by atoms with E-state index in [-0.39, 0.29) is 36.6 Å². The Labute approximate surface area is 161 Å². The lowest BCUT2D eigenvalue weighted by Gasteiger charge is -2.37. The first-order valence-corrected chi connectivity index (χ1v) is 9.11. The molecule has 1 aromatic carbocycles. The molecule has 4 rings (SSSR count). The molecule has 1 unspecified atom stereocenters. The fourth-order valence-electron chi connectivity index (χ4n) is 3.55. The van der Waals surface area contributed by atoms with E-state index in [1.807, 2.05) is 18.3 Å². The third-order valence-electron chi connectivity index (χ3n) is 4.90. The second-order valence-electron chi connectivity index (χ2n) is 6.70. The number of rotatable bonds is 5. The number of nitrogens with one attached hydrogen (secondary N) is 1. The van der Waals surface area contributed by atoms with E-state index in [2.05, 4.69) is 9.88 Å². The molecule has 0 fully saturated rings. The molecule has 3 aromatic rings. The Morgan fingerprint density at radius 2 is 1.93 bits per heavy atom. The molecule has 6 nitrogen and oxygen atoms in total. The Balaban J connectivity index is 1.50. The van der Waals surface area contributed by atoms with Crippen LogP contribution in [0.25, 0.3) is 0 Å². The van der Waals surface area contributed by atoms with Crippen LogP contribution >= 0.6 is 0 Å². The van der Waals surface area contributed by atoms with E-state index in [0.29, 0.717) is 18.8 Å². The van der Waals surface area contributed by atoms with E-state index in [0.717, 1.165) is 11.3 Å². The van der Waals surface area contributed by atoms with Gasteiger partial charge in [0, 0.05) is 25.0 Å². The second-order valence-corrected chi connectivity index (χ2v) is 6.70. The Bertz CT molecular complexity index is 963. The van der Waals surface area contributed by atoms with Crippen molar-refractivity contribution in [3.8, 4) is 0 Å². The summed E-state index contributed by atoms with van der Waals surface area (Å²) < 4.78 is 20.6. The first-order chi connectivity index (χ1) is 13.6. The van der Waals surface area contributed by atoms with E-state index in [4.69, 9.17) is 4.42 Å². The van der Waals surface area contributed by atoms with Gasteiger partial charge >= 0.3 is 0 Å². The van der Waals surface area contributed by atoms with Gasteiger partial charge in [0.05, 0.1) is 18.8 Å². The van der Waals surface area contributed by atoms with Crippen LogP contribution in [0.5, 0.6) is 0 Å². The van der Waals surface area contributed by atoms with Crippen LogP contribution in [0.3, 0.4) is 0 Å². The van der Waals surface area contributed by atoms with Gasteiger partial charge in [-0.2, -0.15) is 0 Å². The molecule has 1 aliphatic rings. The quantitative estimate of drug-likeness (QED) is 0.691. The lowest BCUT2D eigenvalue weighted by atomic mass is 9.99. The number of hydrogen-bond acceptors (Lipinski definition) is 3. The van der Waals surface area contributed by atoms with Crippen LogP contribution < -0.4 is 5.32 Å². The van der Waals surface area contributed by atoms with Crippen molar-refractivity contribution in [2.45, 2.75) is 25.6 Å². The minimum absolute atomic E-state index is 0.239. The van der Waals surface area contributed by atoms with Crippen molar-refractivity contribution in [2.75, 3.05) is 6.54 Å². The molecule has 1 aliphatic heterocycles. The Morgan fingerprint density at radius 3 is 2.68 bits per heavy atom. The zero-order valence-corrected chi connectivity index (χ0v) is 15.2. The van der Waals surface area contributed by atoms with Gasteiger partial charge in [0.1, 0.15) is 18.0 Å². The molecule has 0 radical (unpaired) electrons. The number of halogens is 1. The molecule has 3 heterocycles. The molecule has 0 saturated heterocycles. The topological polar surface area (TPSA) is 67.5 Å². The lowest BCUT2D eigenvalue weighted by Crippen LogP contribution is -2.44. The molecule has 2 aromatic heterocycles. The lowest BCUT2D eigenvalue weighted by molar-refractivity contribution is -0.138. The third kappa shape index (κ3) is 3.69. The van der Waals surface area contributed by atoms with E-state index in [9.17, 15) is 14.0 Å². The summed E-state index contributed by atoms with van der Waals surface area (Å²) in [5.74, 6) is -0.329. The summed E-state index contributed by atoms with van der Waals surface area (Å²) in [4.78, 5) is 26.8. The minimum Gasteiger partial charge on any atom is -0.467 e. The monoisotopic (exact) mass is 381 g/mol. The van der Waals surface area contributed by atoms with Crippen LogP contribution in [0, 0.1) is 5.82 Å². The van der Waals surface area contributed by atoms with Crippen molar-refractivity contribution < 1.29 is 18.4 Å². The maximum absolute atomic E-state index is 13.4. The highest BCUT2D eigenvalue weighted by molar-refractivity contribution is 5.97. The number of hydrogen-bond donors (Lipinski definition) is 1. The van der Waals surface area contributed by atoms with Gasteiger partial charge in [-0.3, -0.25) is 9.59 Å². The average Bonchev–Trinajstić information content (AvgIpc) is 3.38. The average molecular weight is 381 g/mol. The maximum atomic E-state index is 13.4. The summed E-state index contributed by atoms with van der Waals surface area (Å²) in [5, 5.41) is 2.70. The Kier molecular flexibility index (Phi) is 4.97. The Morgan fingerprint density at radius 1 is 1.11 bits per heavy atom. The van der Waals surface area contributed by atoms with Crippen molar-refractivity contribution >= 4 is 11.8 Å². The van der Waals surface area contributed by atoms with Crippen LogP contribution in [0.1, 0.15) is 29.5 Å². The normalized spacial score (nSPS) is 15.9. The fraction of sp³-hybridized carbons (Fsp3) is 0.238. The van der Waals surface area contributed by atoms with Gasteiger partial charge in [-0.25, -0.2) is 4.39 Å². The van der Waals surface area contributed by atoms with Crippen molar-refractivity contribution in [3.63, 3.8) is 0 Å². The SMILES string of the molecule is O=C(CC(=O)N1CCn2cccc2C1c1ccc(F)cc1)NCc1ccco1. The summed E-state index contributed by atoms with van der Waals surface area (Å²) in [6.07, 6.45) is 3.24. The number of nitrogens with zero attached hydrogens (tertiary/aromatic N) is 2. The van der Waals surface area contributed by atoms with Crippen LogP contribution in [-0.2, 0) is 22.7 Å². The first-order valence-electron chi connectivity index (χ1n) is 9.11. The van der Waals surface area contributed by atoms with Gasteiger partial charge in [0.25, 0.3) is 0 Å². The number of aromatic nitrogens is 1. The van der Waals surface area contributed by atoms with Gasteiger partial charge < -0.3 is 19.2 Å². The van der Waals surface area contributed by atoms with E-state index >= 15 is 0 Å². The number of furan rings is 1. The van der Waals surface area contributed by atoms with Crippen molar-refractivity contribution in [1.82, 2.24) is 14.8 Å². The summed E-state index contributed by atoms with van der Waals surface area (Å²) in [6.45, 7) is 1.37. The van der Waals surface area contributed by atoms with Crippen molar-refractivity contribution in [3.05, 3.63) is 83.8 Å². The molecule has 0 saturated carbocycles. The fourth-order valence-corrected chi connectivity index (χ4v) is 3.55. The highest BCUT2D eigenvalue weighted by Gasteiger charge is 2.32. The minimum atomic E-state index is -0.361. The van der Waals surface area contributed by atoms with Crippen molar-refractivity contribution in [2.24, 2.45) is 0 Å². The highest BCUT2D eigenvalue weighted by atomic mass is 19.1. The molecule has 7 heteroatoms. The van der Waals surface area contributed by atoms with Gasteiger partial charge in [0.2, 0.25) is 11.8 Å². The second kappa shape index (κ2) is 7.72. The Hall–Kier alpha value is -3.35. The summed E-state index contributed by atoms with van der Waals surface area (Å²) in [6, 6.07) is 13.1. The zero-order chi connectivity index (χ0) is 19.5. The molecule has 1 N–H and O–H groups in total. The number of carbonyl (C=O) groups excluding carboxylic acids is 2.